The van der Waals surface area contributed by atoms with E-state index < -0.39 is 0 Å². The molecule has 0 aliphatic rings. The highest BCUT2D eigenvalue weighted by molar-refractivity contribution is 8.07. The first-order chi connectivity index (χ1) is 8.78. The fourth-order valence-corrected chi connectivity index (χ4v) is 1.69. The molecule has 0 aliphatic heterocycles. The molecule has 18 heavy (non-hydrogen) atoms. The number of hydrogen-bond donors (Lipinski definition) is 0. The van der Waals surface area contributed by atoms with Gasteiger partial charge >= 0.3 is 0 Å². The zero-order valence-corrected chi connectivity index (χ0v) is 13.4. The largest absolute Gasteiger partial charge is 0.0990 e. The quantitative estimate of drug-likeness (QED) is 0.482. The van der Waals surface area contributed by atoms with Crippen molar-refractivity contribution in [1.82, 2.24) is 0 Å². The van der Waals surface area contributed by atoms with Crippen LogP contribution in [0.3, 0.4) is 0 Å². The molecule has 0 amide bonds. The van der Waals surface area contributed by atoms with Gasteiger partial charge in [-0.05, 0) is 19.1 Å². The van der Waals surface area contributed by atoms with Crippen LogP contribution in [0.1, 0.15) is 34.6 Å². The van der Waals surface area contributed by atoms with Gasteiger partial charge in [0.25, 0.3) is 0 Å². The van der Waals surface area contributed by atoms with Gasteiger partial charge in [-0.25, -0.2) is 0 Å². The van der Waals surface area contributed by atoms with E-state index in [4.69, 9.17) is 0 Å². The van der Waals surface area contributed by atoms with Gasteiger partial charge in [0.05, 0.1) is 0 Å². The fraction of sp³-hybridized carbons (Fsp3) is 0.294. The predicted molar refractivity (Wildman–Crippen MR) is 91.9 cm³/mol. The van der Waals surface area contributed by atoms with Gasteiger partial charge in [-0.2, -0.15) is 0 Å². The Kier molecular flexibility index (Phi) is 25.8. The maximum absolute atomic E-state index is 3.74. The summed E-state index contributed by atoms with van der Waals surface area (Å²) in [5.41, 5.74) is 0. The second kappa shape index (κ2) is 21.1. The number of thioether (sulfide) groups is 1. The Hall–Kier alpha value is -1.21. The van der Waals surface area contributed by atoms with Crippen LogP contribution in [-0.2, 0) is 0 Å². The van der Waals surface area contributed by atoms with Crippen molar-refractivity contribution in [3.05, 3.63) is 72.1 Å². The molecule has 0 aromatic heterocycles. The minimum absolute atomic E-state index is 1.08. The average Bonchev–Trinajstić information content (AvgIpc) is 2.43. The Balaban J connectivity index is -0.000000506. The monoisotopic (exact) mass is 264 g/mol. The molecule has 0 nitrogen and oxygen atoms in total. The van der Waals surface area contributed by atoms with Crippen LogP contribution in [0.15, 0.2) is 72.1 Å². The molecule has 0 rings (SSSR count). The van der Waals surface area contributed by atoms with Crippen molar-refractivity contribution < 1.29 is 0 Å². The first-order valence-corrected chi connectivity index (χ1v) is 7.18. The summed E-state index contributed by atoms with van der Waals surface area (Å²) < 4.78 is 0. The molecule has 0 spiro atoms. The number of allylic oxidation sites excluding steroid dienone is 7. The topological polar surface area (TPSA) is 0 Å². The van der Waals surface area contributed by atoms with Crippen LogP contribution in [-0.4, -0.2) is 0 Å². The first-order valence-electron chi connectivity index (χ1n) is 6.37. The molecule has 0 heterocycles. The third-order valence-corrected chi connectivity index (χ3v) is 2.38. The molecule has 102 valence electrons. The Morgan fingerprint density at radius 3 is 1.61 bits per heavy atom. The van der Waals surface area contributed by atoms with E-state index in [-0.39, 0.29) is 0 Å². The second-order valence-electron chi connectivity index (χ2n) is 2.42. The molecule has 0 aromatic rings. The molecule has 0 bridgehead atoms. The summed E-state index contributed by atoms with van der Waals surface area (Å²) in [5.74, 6) is 0. The van der Waals surface area contributed by atoms with Gasteiger partial charge < -0.3 is 0 Å². The summed E-state index contributed by atoms with van der Waals surface area (Å²) in [7, 11) is 0. The molecule has 0 saturated heterocycles. The summed E-state index contributed by atoms with van der Waals surface area (Å²) in [6, 6.07) is 0. The summed E-state index contributed by atoms with van der Waals surface area (Å²) in [5, 5.41) is 0. The molecule has 0 atom stereocenters. The van der Waals surface area contributed by atoms with Crippen LogP contribution in [0.25, 0.3) is 0 Å². The zero-order valence-electron chi connectivity index (χ0n) is 12.6. The predicted octanol–water partition coefficient (Wildman–Crippen LogP) is 6.67. The number of hydrogen-bond acceptors (Lipinski definition) is 1. The van der Waals surface area contributed by atoms with Gasteiger partial charge in [0.15, 0.2) is 0 Å². The lowest BCUT2D eigenvalue weighted by Gasteiger charge is -2.01. The van der Waals surface area contributed by atoms with Gasteiger partial charge in [-0.3, -0.25) is 0 Å². The third-order valence-electron chi connectivity index (χ3n) is 1.33. The van der Waals surface area contributed by atoms with E-state index in [1.807, 2.05) is 65.0 Å². The van der Waals surface area contributed by atoms with Crippen LogP contribution in [0.5, 0.6) is 0 Å². The molecule has 0 aliphatic carbocycles. The van der Waals surface area contributed by atoms with Gasteiger partial charge in [-0.1, -0.05) is 89.6 Å². The normalized spacial score (nSPS) is 10.7. The standard InChI is InChI=1S/C13H16S.2C2H6/c1-5-9-12(8-4)14-13(10-6-2)11-7-3;2*1-2/h5-11H,1-2,4H2,3H3;2*1-2H3/b11-7-,12-9+,13-10+;;. The van der Waals surface area contributed by atoms with Gasteiger partial charge in [0.2, 0.25) is 0 Å². The van der Waals surface area contributed by atoms with Gasteiger partial charge in [-0.15, -0.1) is 0 Å². The highest BCUT2D eigenvalue weighted by Gasteiger charge is 1.94. The fourth-order valence-electron chi connectivity index (χ4n) is 0.800. The minimum Gasteiger partial charge on any atom is -0.0990 e. The van der Waals surface area contributed by atoms with Crippen molar-refractivity contribution in [1.29, 1.82) is 0 Å². The molecule has 0 radical (unpaired) electrons. The lowest BCUT2D eigenvalue weighted by molar-refractivity contribution is 1.50. The molecule has 0 fully saturated rings. The van der Waals surface area contributed by atoms with E-state index in [1.54, 1.807) is 23.9 Å². The minimum atomic E-state index is 1.08. The van der Waals surface area contributed by atoms with Crippen LogP contribution < -0.4 is 0 Å². The Morgan fingerprint density at radius 2 is 1.28 bits per heavy atom. The van der Waals surface area contributed by atoms with E-state index in [1.165, 1.54) is 0 Å². The van der Waals surface area contributed by atoms with E-state index in [9.17, 15) is 0 Å². The van der Waals surface area contributed by atoms with Crippen LogP contribution in [0.2, 0.25) is 0 Å². The molecule has 0 aromatic carbocycles. The highest BCUT2D eigenvalue weighted by Crippen LogP contribution is 2.27. The smallest absolute Gasteiger partial charge is 0.0118 e. The van der Waals surface area contributed by atoms with Crippen molar-refractivity contribution in [3.8, 4) is 0 Å². The van der Waals surface area contributed by atoms with Crippen molar-refractivity contribution in [2.75, 3.05) is 0 Å². The maximum atomic E-state index is 3.74. The highest BCUT2D eigenvalue weighted by atomic mass is 32.2. The van der Waals surface area contributed by atoms with Crippen LogP contribution in [0, 0.1) is 0 Å². The van der Waals surface area contributed by atoms with E-state index in [2.05, 4.69) is 19.7 Å². The lowest BCUT2D eigenvalue weighted by Crippen LogP contribution is -1.72. The average molecular weight is 264 g/mol. The summed E-state index contributed by atoms with van der Waals surface area (Å²) >= 11 is 1.64. The van der Waals surface area contributed by atoms with Crippen molar-refractivity contribution in [3.63, 3.8) is 0 Å². The van der Waals surface area contributed by atoms with E-state index in [0.717, 1.165) is 9.81 Å². The summed E-state index contributed by atoms with van der Waals surface area (Å²) in [6.07, 6.45) is 13.3. The van der Waals surface area contributed by atoms with Gasteiger partial charge in [0, 0.05) is 9.81 Å². The summed E-state index contributed by atoms with van der Waals surface area (Å²) in [4.78, 5) is 2.21. The molecular weight excluding hydrogens is 236 g/mol. The molecule has 1 heteroatoms. The molecule has 0 N–H and O–H groups in total. The van der Waals surface area contributed by atoms with Crippen molar-refractivity contribution in [2.24, 2.45) is 0 Å². The molecule has 0 unspecified atom stereocenters. The Labute approximate surface area is 119 Å². The van der Waals surface area contributed by atoms with Crippen LogP contribution >= 0.6 is 11.8 Å². The van der Waals surface area contributed by atoms with Crippen molar-refractivity contribution in [2.45, 2.75) is 34.6 Å². The molecular formula is C17H28S. The first kappa shape index (κ1) is 22.0. The summed E-state index contributed by atoms with van der Waals surface area (Å²) in [6.45, 7) is 21.1. The van der Waals surface area contributed by atoms with E-state index in [0.29, 0.717) is 0 Å². The van der Waals surface area contributed by atoms with Gasteiger partial charge in [0.1, 0.15) is 0 Å². The zero-order chi connectivity index (χ0) is 14.8. The van der Waals surface area contributed by atoms with E-state index >= 15 is 0 Å². The van der Waals surface area contributed by atoms with Crippen LogP contribution in [0.4, 0.5) is 0 Å². The number of rotatable bonds is 6. The van der Waals surface area contributed by atoms with Crippen molar-refractivity contribution >= 4 is 11.8 Å². The SMILES string of the molecule is C=C/C=C(\C=C)SC(/C=C\C)=C/C=C.CC.CC. The Bertz CT molecular complexity index is 291. The Morgan fingerprint density at radius 1 is 0.833 bits per heavy atom. The second-order valence-corrected chi connectivity index (χ2v) is 3.56. The maximum Gasteiger partial charge on any atom is 0.0118 e. The lowest BCUT2D eigenvalue weighted by atomic mass is 10.4. The molecule has 0 saturated carbocycles. The third kappa shape index (κ3) is 14.8.